The molecule has 128 valence electrons. The number of nitrogens with one attached hydrogen (secondary N) is 1. The molecule has 2 fully saturated rings. The number of piperidine rings is 1. The monoisotopic (exact) mass is 330 g/mol. The van der Waals surface area contributed by atoms with Crippen LogP contribution in [0.2, 0.25) is 0 Å². The summed E-state index contributed by atoms with van der Waals surface area (Å²) in [6, 6.07) is 0.655. The molecule has 1 amide bonds. The molecule has 2 aliphatic rings. The second kappa shape index (κ2) is 6.01. The van der Waals surface area contributed by atoms with Crippen LogP contribution in [0.25, 0.3) is 11.0 Å². The second-order valence-corrected chi connectivity index (χ2v) is 6.74. The lowest BCUT2D eigenvalue weighted by Gasteiger charge is -2.32. The molecule has 0 aliphatic carbocycles. The van der Waals surface area contributed by atoms with Crippen LogP contribution in [0.1, 0.15) is 25.7 Å². The van der Waals surface area contributed by atoms with E-state index in [2.05, 4.69) is 20.3 Å². The largest absolute Gasteiger partial charge is 0.350 e. The highest BCUT2D eigenvalue weighted by molar-refractivity contribution is 5.77. The molecule has 4 rings (SSSR count). The van der Waals surface area contributed by atoms with Gasteiger partial charge in [0.05, 0.1) is 6.20 Å². The lowest BCUT2D eigenvalue weighted by Crippen LogP contribution is -2.48. The molecule has 0 aromatic carbocycles. The summed E-state index contributed by atoms with van der Waals surface area (Å²) in [7, 11) is 1.74. The van der Waals surface area contributed by atoms with Crippen molar-refractivity contribution in [3.63, 3.8) is 0 Å². The maximum Gasteiger partial charge on any atom is 0.264 e. The van der Waals surface area contributed by atoms with Crippen LogP contribution in [-0.2, 0) is 18.4 Å². The van der Waals surface area contributed by atoms with Gasteiger partial charge in [-0.2, -0.15) is 5.10 Å². The molecule has 2 atom stereocenters. The summed E-state index contributed by atoms with van der Waals surface area (Å²) in [5.41, 5.74) is 0.305. The SMILES string of the molecule is Cn1ncc2c(=O)n(CC(=O)N[C@@H]3CCN4CCCC[C@H]34)cnc21. The minimum absolute atomic E-state index is 0.000111. The van der Waals surface area contributed by atoms with Gasteiger partial charge in [-0.05, 0) is 25.8 Å². The van der Waals surface area contributed by atoms with Gasteiger partial charge in [-0.25, -0.2) is 4.98 Å². The van der Waals surface area contributed by atoms with Crippen molar-refractivity contribution in [2.24, 2.45) is 7.05 Å². The summed E-state index contributed by atoms with van der Waals surface area (Å²) in [5, 5.41) is 7.60. The number of nitrogens with zero attached hydrogens (tertiary/aromatic N) is 5. The lowest BCUT2D eigenvalue weighted by atomic mass is 9.99. The predicted octanol–water partition coefficient (Wildman–Crippen LogP) is -0.127. The highest BCUT2D eigenvalue weighted by Gasteiger charge is 2.36. The fraction of sp³-hybridized carbons (Fsp3) is 0.625. The lowest BCUT2D eigenvalue weighted by molar-refractivity contribution is -0.122. The molecule has 2 aromatic heterocycles. The van der Waals surface area contributed by atoms with E-state index in [0.717, 1.165) is 25.9 Å². The van der Waals surface area contributed by atoms with E-state index < -0.39 is 0 Å². The van der Waals surface area contributed by atoms with E-state index in [4.69, 9.17) is 0 Å². The average Bonchev–Trinajstić information content (AvgIpc) is 3.15. The van der Waals surface area contributed by atoms with Crippen LogP contribution in [-0.4, -0.2) is 55.3 Å². The van der Waals surface area contributed by atoms with Crippen LogP contribution in [0.3, 0.4) is 0 Å². The molecule has 1 N–H and O–H groups in total. The molecular weight excluding hydrogens is 308 g/mol. The van der Waals surface area contributed by atoms with Gasteiger partial charge in [0.1, 0.15) is 18.3 Å². The van der Waals surface area contributed by atoms with E-state index in [1.54, 1.807) is 11.7 Å². The van der Waals surface area contributed by atoms with Crippen molar-refractivity contribution in [3.05, 3.63) is 22.9 Å². The molecule has 0 bridgehead atoms. The van der Waals surface area contributed by atoms with E-state index in [1.807, 2.05) is 0 Å². The highest BCUT2D eigenvalue weighted by atomic mass is 16.2. The van der Waals surface area contributed by atoms with Crippen LogP contribution in [0.4, 0.5) is 0 Å². The number of hydrogen-bond donors (Lipinski definition) is 1. The van der Waals surface area contributed by atoms with Crippen molar-refractivity contribution in [1.29, 1.82) is 0 Å². The highest BCUT2D eigenvalue weighted by Crippen LogP contribution is 2.27. The first-order valence-electron chi connectivity index (χ1n) is 8.54. The summed E-state index contributed by atoms with van der Waals surface area (Å²) < 4.78 is 2.91. The van der Waals surface area contributed by atoms with Gasteiger partial charge in [0.15, 0.2) is 5.65 Å². The molecule has 24 heavy (non-hydrogen) atoms. The van der Waals surface area contributed by atoms with Crippen LogP contribution in [0.5, 0.6) is 0 Å². The van der Waals surface area contributed by atoms with Gasteiger partial charge < -0.3 is 5.32 Å². The Bertz CT molecular complexity index is 826. The van der Waals surface area contributed by atoms with Gasteiger partial charge in [-0.15, -0.1) is 0 Å². The van der Waals surface area contributed by atoms with E-state index in [1.165, 1.54) is 29.9 Å². The number of aromatic nitrogens is 4. The van der Waals surface area contributed by atoms with Gasteiger partial charge in [0, 0.05) is 25.7 Å². The first-order chi connectivity index (χ1) is 11.6. The van der Waals surface area contributed by atoms with Crippen molar-refractivity contribution in [2.45, 2.75) is 44.3 Å². The van der Waals surface area contributed by atoms with Crippen LogP contribution in [0.15, 0.2) is 17.3 Å². The zero-order valence-corrected chi connectivity index (χ0v) is 13.8. The Morgan fingerprint density at radius 2 is 2.21 bits per heavy atom. The van der Waals surface area contributed by atoms with Crippen molar-refractivity contribution >= 4 is 16.9 Å². The van der Waals surface area contributed by atoms with Gasteiger partial charge in [0.25, 0.3) is 5.56 Å². The van der Waals surface area contributed by atoms with Crippen molar-refractivity contribution in [3.8, 4) is 0 Å². The first-order valence-corrected chi connectivity index (χ1v) is 8.54. The smallest absolute Gasteiger partial charge is 0.264 e. The third-order valence-corrected chi connectivity index (χ3v) is 5.23. The quantitative estimate of drug-likeness (QED) is 0.848. The molecule has 2 aromatic rings. The van der Waals surface area contributed by atoms with E-state index in [9.17, 15) is 9.59 Å². The Balaban J connectivity index is 1.46. The van der Waals surface area contributed by atoms with E-state index >= 15 is 0 Å². The average molecular weight is 330 g/mol. The van der Waals surface area contributed by atoms with Gasteiger partial charge in [-0.3, -0.25) is 23.7 Å². The number of aryl methyl sites for hydroxylation is 1. The van der Waals surface area contributed by atoms with E-state index in [0.29, 0.717) is 17.1 Å². The van der Waals surface area contributed by atoms with Gasteiger partial charge in [0.2, 0.25) is 5.91 Å². The Kier molecular flexibility index (Phi) is 3.84. The minimum Gasteiger partial charge on any atom is -0.350 e. The molecule has 0 spiro atoms. The molecule has 8 heteroatoms. The zero-order valence-electron chi connectivity index (χ0n) is 13.8. The maximum absolute atomic E-state index is 12.4. The van der Waals surface area contributed by atoms with Crippen LogP contribution in [0, 0.1) is 0 Å². The zero-order chi connectivity index (χ0) is 16.7. The fourth-order valence-electron chi connectivity index (χ4n) is 4.00. The minimum atomic E-state index is -0.228. The molecule has 0 unspecified atom stereocenters. The maximum atomic E-state index is 12.4. The normalized spacial score (nSPS) is 24.2. The number of carbonyl (C=O) groups excluding carboxylic acids is 1. The van der Waals surface area contributed by atoms with Crippen molar-refractivity contribution in [2.75, 3.05) is 13.1 Å². The molecule has 4 heterocycles. The summed E-state index contributed by atoms with van der Waals surface area (Å²) in [6.45, 7) is 2.19. The summed E-state index contributed by atoms with van der Waals surface area (Å²) in [5.74, 6) is -0.125. The van der Waals surface area contributed by atoms with Crippen molar-refractivity contribution < 1.29 is 4.79 Å². The number of rotatable bonds is 3. The molecule has 2 aliphatic heterocycles. The first kappa shape index (κ1) is 15.3. The molecule has 0 radical (unpaired) electrons. The second-order valence-electron chi connectivity index (χ2n) is 6.74. The molecule has 0 saturated carbocycles. The number of fused-ring (bicyclic) bond motifs is 2. The summed E-state index contributed by atoms with van der Waals surface area (Å²) in [4.78, 5) is 31.5. The molecule has 8 nitrogen and oxygen atoms in total. The number of hydrogen-bond acceptors (Lipinski definition) is 5. The Morgan fingerprint density at radius 3 is 3.08 bits per heavy atom. The fourth-order valence-corrected chi connectivity index (χ4v) is 4.00. The predicted molar refractivity (Wildman–Crippen MR) is 88.5 cm³/mol. The Labute approximate surface area is 139 Å². The number of amides is 1. The summed E-state index contributed by atoms with van der Waals surface area (Å²) >= 11 is 0. The third kappa shape index (κ3) is 2.60. The summed E-state index contributed by atoms with van der Waals surface area (Å²) in [6.07, 6.45) is 7.54. The van der Waals surface area contributed by atoms with Crippen LogP contribution < -0.4 is 10.9 Å². The standard InChI is InChI=1S/C16H22N6O2/c1-20-15-11(8-18-20)16(24)22(10-17-15)9-14(23)19-12-5-7-21-6-3-2-4-13(12)21/h8,10,12-13H,2-7,9H2,1H3,(H,19,23)/t12-,13-/m1/s1. The Morgan fingerprint density at radius 1 is 1.33 bits per heavy atom. The Hall–Kier alpha value is -2.22. The van der Waals surface area contributed by atoms with Crippen molar-refractivity contribution in [1.82, 2.24) is 29.5 Å². The van der Waals surface area contributed by atoms with Crippen LogP contribution >= 0.6 is 0 Å². The molecular formula is C16H22N6O2. The molecule has 2 saturated heterocycles. The van der Waals surface area contributed by atoms with Gasteiger partial charge >= 0.3 is 0 Å². The van der Waals surface area contributed by atoms with Gasteiger partial charge in [-0.1, -0.05) is 6.42 Å². The topological polar surface area (TPSA) is 85.0 Å². The third-order valence-electron chi connectivity index (χ3n) is 5.23. The number of carbonyl (C=O) groups is 1. The van der Waals surface area contributed by atoms with E-state index in [-0.39, 0.29) is 24.1 Å².